The van der Waals surface area contributed by atoms with Crippen molar-refractivity contribution in [2.45, 2.75) is 6.92 Å². The molecule has 0 spiro atoms. The minimum Gasteiger partial charge on any atom is -0.351 e. The summed E-state index contributed by atoms with van der Waals surface area (Å²) in [6.45, 7) is 3.83. The zero-order chi connectivity index (χ0) is 19.3. The molecule has 1 amide bonds. The summed E-state index contributed by atoms with van der Waals surface area (Å²) in [4.78, 5) is 22.5. The van der Waals surface area contributed by atoms with Crippen LogP contribution in [0.2, 0.25) is 0 Å². The van der Waals surface area contributed by atoms with Crippen LogP contribution in [0.25, 0.3) is 0 Å². The molecule has 0 atom stereocenters. The van der Waals surface area contributed by atoms with Crippen molar-refractivity contribution in [1.82, 2.24) is 19.6 Å². The summed E-state index contributed by atoms with van der Waals surface area (Å²) >= 11 is 0. The normalized spacial score (nSPS) is 15.5. The summed E-state index contributed by atoms with van der Waals surface area (Å²) in [6, 6.07) is 8.93. The van der Waals surface area contributed by atoms with Crippen molar-refractivity contribution in [3.8, 4) is 0 Å². The van der Waals surface area contributed by atoms with E-state index in [0.29, 0.717) is 37.7 Å². The van der Waals surface area contributed by atoms with Gasteiger partial charge in [0.05, 0.1) is 5.75 Å². The van der Waals surface area contributed by atoms with E-state index in [2.05, 4.69) is 15.3 Å². The molecule has 9 heteroatoms. The smallest absolute Gasteiger partial charge is 0.251 e. The number of amides is 1. The highest BCUT2D eigenvalue weighted by atomic mass is 32.2. The first-order chi connectivity index (χ1) is 13.0. The first kappa shape index (κ1) is 19.2. The van der Waals surface area contributed by atoms with Crippen LogP contribution < -0.4 is 10.2 Å². The largest absolute Gasteiger partial charge is 0.351 e. The van der Waals surface area contributed by atoms with Gasteiger partial charge in [-0.15, -0.1) is 0 Å². The molecule has 3 rings (SSSR count). The molecule has 27 heavy (non-hydrogen) atoms. The lowest BCUT2D eigenvalue weighted by molar-refractivity contribution is 0.0956. The third-order valence-corrected chi connectivity index (χ3v) is 6.26. The van der Waals surface area contributed by atoms with E-state index in [4.69, 9.17) is 0 Å². The van der Waals surface area contributed by atoms with E-state index in [1.165, 1.54) is 4.31 Å². The number of nitrogens with one attached hydrogen (secondary N) is 1. The molecule has 8 nitrogen and oxygen atoms in total. The maximum atomic E-state index is 12.5. The van der Waals surface area contributed by atoms with Crippen molar-refractivity contribution < 1.29 is 13.2 Å². The Labute approximate surface area is 159 Å². The van der Waals surface area contributed by atoms with E-state index in [1.807, 2.05) is 17.9 Å². The van der Waals surface area contributed by atoms with Gasteiger partial charge in [-0.1, -0.05) is 17.7 Å². The summed E-state index contributed by atoms with van der Waals surface area (Å²) in [5.41, 5.74) is 1.51. The summed E-state index contributed by atoms with van der Waals surface area (Å²) in [7, 11) is -3.42. The van der Waals surface area contributed by atoms with Gasteiger partial charge < -0.3 is 10.2 Å². The van der Waals surface area contributed by atoms with Crippen LogP contribution in [0.1, 0.15) is 15.9 Å². The fourth-order valence-electron chi connectivity index (χ4n) is 2.93. The molecule has 0 radical (unpaired) electrons. The average Bonchev–Trinajstić information content (AvgIpc) is 2.68. The number of hydrogen-bond acceptors (Lipinski definition) is 6. The lowest BCUT2D eigenvalue weighted by Crippen LogP contribution is -2.50. The van der Waals surface area contributed by atoms with Crippen LogP contribution in [-0.4, -0.2) is 67.1 Å². The maximum Gasteiger partial charge on any atom is 0.251 e. The van der Waals surface area contributed by atoms with E-state index >= 15 is 0 Å². The number of sulfonamides is 1. The Kier molecular flexibility index (Phi) is 6.02. The first-order valence-corrected chi connectivity index (χ1v) is 10.4. The van der Waals surface area contributed by atoms with Gasteiger partial charge in [-0.05, 0) is 25.1 Å². The van der Waals surface area contributed by atoms with E-state index in [1.54, 1.807) is 36.7 Å². The van der Waals surface area contributed by atoms with Crippen LogP contribution in [0, 0.1) is 6.92 Å². The number of rotatable bonds is 6. The SMILES string of the molecule is Cc1cccc(C(=O)NCCS(=O)(=O)N2CCN(c3ncccn3)CC2)c1. The van der Waals surface area contributed by atoms with Gasteiger partial charge in [-0.3, -0.25) is 4.79 Å². The molecule has 0 saturated carbocycles. The topological polar surface area (TPSA) is 95.5 Å². The highest BCUT2D eigenvalue weighted by Gasteiger charge is 2.27. The van der Waals surface area contributed by atoms with Crippen LogP contribution in [0.5, 0.6) is 0 Å². The third-order valence-electron chi connectivity index (χ3n) is 4.39. The number of carbonyl (C=O) groups excluding carboxylic acids is 1. The predicted molar refractivity (Wildman–Crippen MR) is 103 cm³/mol. The quantitative estimate of drug-likeness (QED) is 0.780. The van der Waals surface area contributed by atoms with Gasteiger partial charge in [0, 0.05) is 50.7 Å². The number of anilines is 1. The van der Waals surface area contributed by atoms with Crippen molar-refractivity contribution >= 4 is 21.9 Å². The Hall–Kier alpha value is -2.52. The van der Waals surface area contributed by atoms with E-state index in [-0.39, 0.29) is 18.2 Å². The lowest BCUT2D eigenvalue weighted by Gasteiger charge is -2.33. The molecule has 1 aliphatic heterocycles. The summed E-state index contributed by atoms with van der Waals surface area (Å²) < 4.78 is 26.5. The van der Waals surface area contributed by atoms with Gasteiger partial charge in [-0.25, -0.2) is 18.4 Å². The standard InChI is InChI=1S/C18H23N5O3S/c1-15-4-2-5-16(14-15)17(24)19-8-13-27(25,26)23-11-9-22(10-12-23)18-20-6-3-7-21-18/h2-7,14H,8-13H2,1H3,(H,19,24). The Morgan fingerprint density at radius 1 is 1.11 bits per heavy atom. The average molecular weight is 389 g/mol. The predicted octanol–water partition coefficient (Wildman–Crippen LogP) is 0.667. The second-order valence-corrected chi connectivity index (χ2v) is 8.46. The van der Waals surface area contributed by atoms with Gasteiger partial charge in [0.2, 0.25) is 16.0 Å². The molecular weight excluding hydrogens is 366 g/mol. The molecule has 1 fully saturated rings. The number of aromatic nitrogens is 2. The van der Waals surface area contributed by atoms with Crippen LogP contribution in [0.4, 0.5) is 5.95 Å². The van der Waals surface area contributed by atoms with Crippen LogP contribution in [0.3, 0.4) is 0 Å². The molecule has 1 aromatic heterocycles. The van der Waals surface area contributed by atoms with E-state index < -0.39 is 10.0 Å². The zero-order valence-corrected chi connectivity index (χ0v) is 16.0. The van der Waals surface area contributed by atoms with Crippen molar-refractivity contribution in [3.05, 3.63) is 53.9 Å². The number of benzene rings is 1. The molecule has 0 unspecified atom stereocenters. The molecule has 1 aliphatic rings. The summed E-state index contributed by atoms with van der Waals surface area (Å²) in [6.07, 6.45) is 3.34. The Bertz CT molecular complexity index is 881. The first-order valence-electron chi connectivity index (χ1n) is 8.80. The molecule has 2 heterocycles. The van der Waals surface area contributed by atoms with Gasteiger partial charge in [-0.2, -0.15) is 4.31 Å². The molecule has 0 bridgehead atoms. The summed E-state index contributed by atoms with van der Waals surface area (Å²) in [5.74, 6) is 0.228. The van der Waals surface area contributed by atoms with Crippen molar-refractivity contribution in [3.63, 3.8) is 0 Å². The monoisotopic (exact) mass is 389 g/mol. The molecule has 0 aliphatic carbocycles. The molecule has 1 N–H and O–H groups in total. The van der Waals surface area contributed by atoms with Crippen molar-refractivity contribution in [2.24, 2.45) is 0 Å². The Morgan fingerprint density at radius 3 is 2.48 bits per heavy atom. The van der Waals surface area contributed by atoms with Gasteiger partial charge in [0.25, 0.3) is 5.91 Å². The fourth-order valence-corrected chi connectivity index (χ4v) is 4.27. The molecule has 2 aromatic rings. The zero-order valence-electron chi connectivity index (χ0n) is 15.2. The molecular formula is C18H23N5O3S. The number of carbonyl (C=O) groups is 1. The third kappa shape index (κ3) is 5.01. The minimum absolute atomic E-state index is 0.0805. The summed E-state index contributed by atoms with van der Waals surface area (Å²) in [5, 5.41) is 2.68. The number of nitrogens with zero attached hydrogens (tertiary/aromatic N) is 4. The van der Waals surface area contributed by atoms with Gasteiger partial charge >= 0.3 is 0 Å². The molecule has 1 saturated heterocycles. The van der Waals surface area contributed by atoms with Crippen molar-refractivity contribution in [1.29, 1.82) is 0 Å². The van der Waals surface area contributed by atoms with Gasteiger partial charge in [0.15, 0.2) is 0 Å². The van der Waals surface area contributed by atoms with Crippen LogP contribution in [-0.2, 0) is 10.0 Å². The lowest BCUT2D eigenvalue weighted by atomic mass is 10.1. The van der Waals surface area contributed by atoms with Gasteiger partial charge in [0.1, 0.15) is 0 Å². The minimum atomic E-state index is -3.42. The second-order valence-electron chi connectivity index (χ2n) is 6.38. The molecule has 144 valence electrons. The highest BCUT2D eigenvalue weighted by molar-refractivity contribution is 7.89. The number of aryl methyl sites for hydroxylation is 1. The van der Waals surface area contributed by atoms with E-state index in [9.17, 15) is 13.2 Å². The Balaban J connectivity index is 1.48. The number of piperazine rings is 1. The van der Waals surface area contributed by atoms with Crippen LogP contribution in [0.15, 0.2) is 42.7 Å². The number of hydrogen-bond donors (Lipinski definition) is 1. The van der Waals surface area contributed by atoms with Crippen molar-refractivity contribution in [2.75, 3.05) is 43.4 Å². The fraction of sp³-hybridized carbons (Fsp3) is 0.389. The van der Waals surface area contributed by atoms with E-state index in [0.717, 1.165) is 5.56 Å². The highest BCUT2D eigenvalue weighted by Crippen LogP contribution is 2.12. The van der Waals surface area contributed by atoms with Crippen LogP contribution >= 0.6 is 0 Å². The molecule has 1 aromatic carbocycles. The Morgan fingerprint density at radius 2 is 1.81 bits per heavy atom. The second kappa shape index (κ2) is 8.45. The maximum absolute atomic E-state index is 12.5.